The van der Waals surface area contributed by atoms with E-state index in [2.05, 4.69) is 34.9 Å². The van der Waals surface area contributed by atoms with Crippen LogP contribution < -0.4 is 10.6 Å². The number of amides is 2. The van der Waals surface area contributed by atoms with Gasteiger partial charge in [-0.25, -0.2) is 4.79 Å². The largest absolute Gasteiger partial charge is 0.481 e. The summed E-state index contributed by atoms with van der Waals surface area (Å²) in [6.45, 7) is 2.22. The number of hydrogen-bond acceptors (Lipinski definition) is 4. The van der Waals surface area contributed by atoms with Gasteiger partial charge in [-0.1, -0.05) is 68.3 Å². The third-order valence-corrected chi connectivity index (χ3v) is 7.12. The number of carboxylic acid groups (broad SMARTS) is 1. The summed E-state index contributed by atoms with van der Waals surface area (Å²) in [4.78, 5) is 36.5. The van der Waals surface area contributed by atoms with Crippen LogP contribution in [-0.4, -0.2) is 41.8 Å². The molecule has 0 spiro atoms. The molecule has 3 unspecified atom stereocenters. The number of carbonyl (C=O) groups is 3. The van der Waals surface area contributed by atoms with E-state index in [-0.39, 0.29) is 42.9 Å². The van der Waals surface area contributed by atoms with E-state index >= 15 is 0 Å². The summed E-state index contributed by atoms with van der Waals surface area (Å²) >= 11 is 0. The number of hydrogen-bond donors (Lipinski definition) is 3. The molecule has 0 heterocycles. The molecule has 2 aromatic carbocycles. The van der Waals surface area contributed by atoms with E-state index in [0.717, 1.165) is 25.7 Å². The van der Waals surface area contributed by atoms with Crippen molar-refractivity contribution < 1.29 is 24.2 Å². The fraction of sp³-hybridized carbons (Fsp3) is 0.464. The average molecular weight is 479 g/mol. The lowest BCUT2D eigenvalue weighted by Crippen LogP contribution is -2.45. The van der Waals surface area contributed by atoms with Gasteiger partial charge in [0.25, 0.3) is 0 Å². The Balaban J connectivity index is 1.30. The van der Waals surface area contributed by atoms with Crippen LogP contribution in [0.2, 0.25) is 0 Å². The first-order chi connectivity index (χ1) is 17.0. The van der Waals surface area contributed by atoms with Gasteiger partial charge >= 0.3 is 12.1 Å². The van der Waals surface area contributed by atoms with E-state index in [9.17, 15) is 14.4 Å². The molecule has 3 N–H and O–H groups in total. The summed E-state index contributed by atoms with van der Waals surface area (Å²) < 4.78 is 5.66. The molecule has 0 aliphatic heterocycles. The standard InChI is InChI=1S/C28H34N2O5/c1-2-8-19(16-26(31)32)29-27(33)18-9-7-10-20(15-18)30-28(34)35-17-25-23-13-5-3-11-21(23)22-12-4-6-14-24(22)25/h3-6,11-14,18-20,25H,2,7-10,15-17H2,1H3,(H,29,33)(H,30,34)(H,31,32). The van der Waals surface area contributed by atoms with Crippen LogP contribution in [0.15, 0.2) is 48.5 Å². The zero-order valence-electron chi connectivity index (χ0n) is 20.2. The fourth-order valence-corrected chi connectivity index (χ4v) is 5.47. The van der Waals surface area contributed by atoms with E-state index in [0.29, 0.717) is 12.8 Å². The summed E-state index contributed by atoms with van der Waals surface area (Å²) in [5.74, 6) is -1.27. The number of carbonyl (C=O) groups excluding carboxylic acids is 2. The minimum atomic E-state index is -0.915. The second kappa shape index (κ2) is 11.4. The van der Waals surface area contributed by atoms with Gasteiger partial charge in [-0.05, 0) is 47.9 Å². The van der Waals surface area contributed by atoms with Crippen LogP contribution in [0.3, 0.4) is 0 Å². The van der Waals surface area contributed by atoms with Crippen LogP contribution in [0.4, 0.5) is 4.79 Å². The molecule has 7 heteroatoms. The average Bonchev–Trinajstić information content (AvgIpc) is 3.16. The van der Waals surface area contributed by atoms with Crippen LogP contribution in [-0.2, 0) is 14.3 Å². The normalized spacial score (nSPS) is 19.8. The Morgan fingerprint density at radius 3 is 2.31 bits per heavy atom. The van der Waals surface area contributed by atoms with Gasteiger partial charge in [-0.3, -0.25) is 9.59 Å². The third-order valence-electron chi connectivity index (χ3n) is 7.12. The highest BCUT2D eigenvalue weighted by Crippen LogP contribution is 2.44. The van der Waals surface area contributed by atoms with Crippen LogP contribution in [0, 0.1) is 5.92 Å². The number of nitrogens with one attached hydrogen (secondary N) is 2. The maximum Gasteiger partial charge on any atom is 0.407 e. The SMILES string of the molecule is CCCC(CC(=O)O)NC(=O)C1CCCC(NC(=O)OCC2c3ccccc3-c3ccccc32)C1. The number of fused-ring (bicyclic) bond motifs is 3. The molecule has 3 atom stereocenters. The van der Waals surface area contributed by atoms with Crippen molar-refractivity contribution in [2.24, 2.45) is 5.92 Å². The van der Waals surface area contributed by atoms with Gasteiger partial charge in [-0.15, -0.1) is 0 Å². The van der Waals surface area contributed by atoms with Crippen molar-refractivity contribution in [1.82, 2.24) is 10.6 Å². The number of alkyl carbamates (subject to hydrolysis) is 1. The molecule has 7 nitrogen and oxygen atoms in total. The minimum Gasteiger partial charge on any atom is -0.481 e. The van der Waals surface area contributed by atoms with Crippen LogP contribution in [0.25, 0.3) is 11.1 Å². The summed E-state index contributed by atoms with van der Waals surface area (Å²) in [6, 6.07) is 15.9. The van der Waals surface area contributed by atoms with E-state index in [1.807, 2.05) is 31.2 Å². The molecule has 186 valence electrons. The second-order valence-electron chi connectivity index (χ2n) is 9.62. The van der Waals surface area contributed by atoms with E-state index < -0.39 is 12.1 Å². The number of rotatable bonds is 9. The molecular formula is C28H34N2O5. The van der Waals surface area contributed by atoms with Crippen LogP contribution in [0.5, 0.6) is 0 Å². The van der Waals surface area contributed by atoms with Gasteiger partial charge < -0.3 is 20.5 Å². The van der Waals surface area contributed by atoms with Gasteiger partial charge in [0.2, 0.25) is 5.91 Å². The molecule has 4 rings (SSSR count). The Hall–Kier alpha value is -3.35. The van der Waals surface area contributed by atoms with Crippen LogP contribution in [0.1, 0.15) is 68.9 Å². The molecule has 2 aliphatic carbocycles. The summed E-state index contributed by atoms with van der Waals surface area (Å²) in [5, 5.41) is 15.0. The molecular weight excluding hydrogens is 444 g/mol. The van der Waals surface area contributed by atoms with Gasteiger partial charge in [0.1, 0.15) is 6.61 Å². The highest BCUT2D eigenvalue weighted by Gasteiger charge is 2.31. The number of benzene rings is 2. The quantitative estimate of drug-likeness (QED) is 0.478. The molecule has 1 fully saturated rings. The molecule has 2 amide bonds. The molecule has 2 aromatic rings. The number of ether oxygens (including phenoxy) is 1. The predicted molar refractivity (Wildman–Crippen MR) is 133 cm³/mol. The Morgan fingerprint density at radius 1 is 1.03 bits per heavy atom. The molecule has 35 heavy (non-hydrogen) atoms. The van der Waals surface area contributed by atoms with E-state index in [4.69, 9.17) is 9.84 Å². The lowest BCUT2D eigenvalue weighted by molar-refractivity contribution is -0.138. The highest BCUT2D eigenvalue weighted by atomic mass is 16.5. The lowest BCUT2D eigenvalue weighted by Gasteiger charge is -2.30. The molecule has 0 aromatic heterocycles. The summed E-state index contributed by atoms with van der Waals surface area (Å²) in [6.07, 6.45) is 3.77. The highest BCUT2D eigenvalue weighted by molar-refractivity contribution is 5.80. The Kier molecular flexibility index (Phi) is 8.06. The molecule has 0 bridgehead atoms. The van der Waals surface area contributed by atoms with Gasteiger partial charge in [0, 0.05) is 23.9 Å². The minimum absolute atomic E-state index is 0.00256. The summed E-state index contributed by atoms with van der Waals surface area (Å²) in [7, 11) is 0. The first-order valence-electron chi connectivity index (χ1n) is 12.6. The smallest absolute Gasteiger partial charge is 0.407 e. The van der Waals surface area contributed by atoms with Crippen molar-refractivity contribution in [3.05, 3.63) is 59.7 Å². The van der Waals surface area contributed by atoms with Gasteiger partial charge in [0.15, 0.2) is 0 Å². The van der Waals surface area contributed by atoms with Crippen molar-refractivity contribution in [2.45, 2.75) is 69.9 Å². The Labute approximate surface area is 206 Å². The van der Waals surface area contributed by atoms with Crippen LogP contribution >= 0.6 is 0 Å². The van der Waals surface area contributed by atoms with Crippen molar-refractivity contribution in [3.63, 3.8) is 0 Å². The summed E-state index contributed by atoms with van der Waals surface area (Å²) in [5.41, 5.74) is 4.70. The van der Waals surface area contributed by atoms with Crippen molar-refractivity contribution in [1.29, 1.82) is 0 Å². The maximum atomic E-state index is 12.8. The molecule has 1 saturated carbocycles. The monoisotopic (exact) mass is 478 g/mol. The Morgan fingerprint density at radius 2 is 1.69 bits per heavy atom. The van der Waals surface area contributed by atoms with Crippen molar-refractivity contribution in [2.75, 3.05) is 6.61 Å². The van der Waals surface area contributed by atoms with Gasteiger partial charge in [-0.2, -0.15) is 0 Å². The third kappa shape index (κ3) is 6.02. The van der Waals surface area contributed by atoms with E-state index in [1.54, 1.807) is 0 Å². The first kappa shape index (κ1) is 24.8. The Bertz CT molecular complexity index is 1020. The van der Waals surface area contributed by atoms with Crippen molar-refractivity contribution in [3.8, 4) is 11.1 Å². The van der Waals surface area contributed by atoms with Crippen molar-refractivity contribution >= 4 is 18.0 Å². The fourth-order valence-electron chi connectivity index (χ4n) is 5.47. The number of aliphatic carboxylic acids is 1. The lowest BCUT2D eigenvalue weighted by atomic mass is 9.85. The first-order valence-corrected chi connectivity index (χ1v) is 12.6. The number of carboxylic acids is 1. The van der Waals surface area contributed by atoms with Gasteiger partial charge in [0.05, 0.1) is 6.42 Å². The second-order valence-corrected chi connectivity index (χ2v) is 9.62. The zero-order valence-corrected chi connectivity index (χ0v) is 20.2. The predicted octanol–water partition coefficient (Wildman–Crippen LogP) is 4.84. The zero-order chi connectivity index (χ0) is 24.8. The molecule has 0 radical (unpaired) electrons. The molecule has 0 saturated heterocycles. The molecule has 2 aliphatic rings. The maximum absolute atomic E-state index is 12.8. The van der Waals surface area contributed by atoms with E-state index in [1.165, 1.54) is 22.3 Å². The topological polar surface area (TPSA) is 105 Å².